The fraction of sp³-hybridized carbons (Fsp3) is 0.333. The van der Waals surface area contributed by atoms with Crippen LogP contribution in [0.3, 0.4) is 0 Å². The van der Waals surface area contributed by atoms with Gasteiger partial charge in [0.05, 0.1) is 21.3 Å². The van der Waals surface area contributed by atoms with Gasteiger partial charge >= 0.3 is 18.1 Å². The zero-order chi connectivity index (χ0) is 19.2. The summed E-state index contributed by atoms with van der Waals surface area (Å²) in [7, 11) is 0. The van der Waals surface area contributed by atoms with Gasteiger partial charge in [-0.3, -0.25) is 0 Å². The number of carbonyl (C=O) groups is 2. The summed E-state index contributed by atoms with van der Waals surface area (Å²) in [5, 5.41) is 1.88. The number of benzene rings is 1. The van der Waals surface area contributed by atoms with Crippen molar-refractivity contribution in [2.75, 3.05) is 5.32 Å². The lowest BCUT2D eigenvalue weighted by atomic mass is 10.1. The molecule has 2 rings (SSSR count). The van der Waals surface area contributed by atoms with E-state index >= 15 is 0 Å². The molecule has 5 nitrogen and oxygen atoms in total. The first-order chi connectivity index (χ1) is 11.3. The van der Waals surface area contributed by atoms with E-state index in [0.717, 1.165) is 6.20 Å². The van der Waals surface area contributed by atoms with Crippen LogP contribution in [-0.4, -0.2) is 17.7 Å². The maximum Gasteiger partial charge on any atom is 0.416 e. The van der Waals surface area contributed by atoms with Crippen molar-refractivity contribution in [2.45, 2.75) is 32.7 Å². The van der Waals surface area contributed by atoms with Crippen molar-refractivity contribution in [1.82, 2.24) is 0 Å². The molecule has 0 saturated carbocycles. The highest BCUT2D eigenvalue weighted by Crippen LogP contribution is 2.42. The molecule has 10 heteroatoms. The molecule has 0 aromatic heterocycles. The van der Waals surface area contributed by atoms with Crippen LogP contribution in [0.2, 0.25) is 10.0 Å². The summed E-state index contributed by atoms with van der Waals surface area (Å²) < 4.78 is 48.9. The topological polar surface area (TPSA) is 64.6 Å². The van der Waals surface area contributed by atoms with Gasteiger partial charge < -0.3 is 14.8 Å². The molecular weight excluding hydrogens is 386 g/mol. The molecule has 1 aliphatic rings. The lowest BCUT2D eigenvalue weighted by Crippen LogP contribution is -2.42. The van der Waals surface area contributed by atoms with Crippen molar-refractivity contribution in [3.05, 3.63) is 39.0 Å². The Morgan fingerprint density at radius 1 is 1.16 bits per heavy atom. The molecule has 25 heavy (non-hydrogen) atoms. The smallest absolute Gasteiger partial charge is 0.416 e. The maximum atomic E-state index is 13.1. The Morgan fingerprint density at radius 2 is 1.68 bits per heavy atom. The largest absolute Gasteiger partial charge is 0.419 e. The van der Waals surface area contributed by atoms with Gasteiger partial charge in [-0.25, -0.2) is 9.59 Å². The molecular formula is C15H12Cl2F3NO4. The van der Waals surface area contributed by atoms with Crippen molar-refractivity contribution in [1.29, 1.82) is 0 Å². The van der Waals surface area contributed by atoms with Crippen molar-refractivity contribution in [2.24, 2.45) is 0 Å². The molecule has 0 atom stereocenters. The van der Waals surface area contributed by atoms with Gasteiger partial charge in [-0.05, 0) is 18.6 Å². The number of ether oxygens (including phenoxy) is 2. The van der Waals surface area contributed by atoms with Gasteiger partial charge in [-0.15, -0.1) is 0 Å². The SMILES string of the molecule is Cc1c(C(F)(F)F)cc(Cl)c(Cl)c1NC=C1C(=O)OC(C)(C)OC1=O. The lowest BCUT2D eigenvalue weighted by Gasteiger charge is -2.29. The quantitative estimate of drug-likeness (QED) is 0.453. The van der Waals surface area contributed by atoms with Crippen LogP contribution < -0.4 is 5.32 Å². The summed E-state index contributed by atoms with van der Waals surface area (Å²) >= 11 is 11.7. The summed E-state index contributed by atoms with van der Waals surface area (Å²) in [5.74, 6) is -3.40. The molecule has 0 bridgehead atoms. The van der Waals surface area contributed by atoms with Gasteiger partial charge in [0.2, 0.25) is 0 Å². The predicted octanol–water partition coefficient (Wildman–Crippen LogP) is 4.45. The second-order valence-electron chi connectivity index (χ2n) is 5.60. The van der Waals surface area contributed by atoms with E-state index in [1.807, 2.05) is 0 Å². The van der Waals surface area contributed by atoms with Crippen LogP contribution >= 0.6 is 23.2 Å². The molecule has 1 saturated heterocycles. The fourth-order valence-electron chi connectivity index (χ4n) is 2.11. The summed E-state index contributed by atoms with van der Waals surface area (Å²) in [6.45, 7) is 3.90. The second-order valence-corrected chi connectivity index (χ2v) is 6.38. The molecule has 1 aromatic carbocycles. The number of hydrogen-bond donors (Lipinski definition) is 1. The molecule has 1 heterocycles. The number of hydrogen-bond acceptors (Lipinski definition) is 5. The van der Waals surface area contributed by atoms with Crippen LogP contribution in [0.5, 0.6) is 0 Å². The standard InChI is InChI=1S/C15H12Cl2F3NO4/c1-6-8(15(18,19)20)4-9(16)10(17)11(6)21-5-7-12(22)24-14(2,3)25-13(7)23/h4-5,21H,1-3H3. The van der Waals surface area contributed by atoms with Crippen LogP contribution in [0.1, 0.15) is 25.0 Å². The Balaban J connectivity index is 2.43. The van der Waals surface area contributed by atoms with E-state index in [-0.39, 0.29) is 21.3 Å². The minimum Gasteiger partial charge on any atom is -0.419 e. The van der Waals surface area contributed by atoms with Crippen molar-refractivity contribution >= 4 is 40.8 Å². The number of anilines is 1. The van der Waals surface area contributed by atoms with Crippen molar-refractivity contribution in [3.8, 4) is 0 Å². The van der Waals surface area contributed by atoms with Crippen LogP contribution in [0.15, 0.2) is 17.8 Å². The van der Waals surface area contributed by atoms with Gasteiger partial charge in [-0.2, -0.15) is 13.2 Å². The van der Waals surface area contributed by atoms with E-state index in [4.69, 9.17) is 32.7 Å². The van der Waals surface area contributed by atoms with Crippen molar-refractivity contribution in [3.63, 3.8) is 0 Å². The Kier molecular flexibility index (Phi) is 4.98. The fourth-order valence-corrected chi connectivity index (χ4v) is 2.56. The third kappa shape index (κ3) is 4.01. The highest BCUT2D eigenvalue weighted by atomic mass is 35.5. The third-order valence-electron chi connectivity index (χ3n) is 3.26. The first-order valence-corrected chi connectivity index (χ1v) is 7.58. The van der Waals surface area contributed by atoms with Crippen LogP contribution in [-0.2, 0) is 25.2 Å². The molecule has 1 N–H and O–H groups in total. The molecule has 0 aliphatic carbocycles. The van der Waals surface area contributed by atoms with Gasteiger partial charge in [0.15, 0.2) is 5.57 Å². The molecule has 0 amide bonds. The average Bonchev–Trinajstić information content (AvgIpc) is 2.42. The van der Waals surface area contributed by atoms with E-state index in [1.165, 1.54) is 20.8 Å². The second kappa shape index (κ2) is 6.42. The number of esters is 2. The monoisotopic (exact) mass is 397 g/mol. The third-order valence-corrected chi connectivity index (χ3v) is 4.05. The number of alkyl halides is 3. The number of cyclic esters (lactones) is 2. The molecule has 1 fully saturated rings. The number of nitrogens with one attached hydrogen (secondary N) is 1. The lowest BCUT2D eigenvalue weighted by molar-refractivity contribution is -0.222. The minimum atomic E-state index is -4.66. The minimum absolute atomic E-state index is 0.193. The van der Waals surface area contributed by atoms with Gasteiger partial charge in [0, 0.05) is 20.0 Å². The van der Waals surface area contributed by atoms with E-state index in [9.17, 15) is 22.8 Å². The number of halogens is 5. The van der Waals surface area contributed by atoms with Crippen LogP contribution in [0, 0.1) is 6.92 Å². The summed E-state index contributed by atoms with van der Waals surface area (Å²) in [6.07, 6.45) is -3.79. The van der Waals surface area contributed by atoms with E-state index in [1.54, 1.807) is 0 Å². The zero-order valence-electron chi connectivity index (χ0n) is 13.2. The van der Waals surface area contributed by atoms with Gasteiger partial charge in [0.25, 0.3) is 5.79 Å². The van der Waals surface area contributed by atoms with E-state index in [2.05, 4.69) is 5.32 Å². The number of rotatable bonds is 2. The maximum absolute atomic E-state index is 13.1. The molecule has 0 spiro atoms. The summed E-state index contributed by atoms with van der Waals surface area (Å²) in [5.41, 5.74) is -1.97. The van der Waals surface area contributed by atoms with E-state index in [0.29, 0.717) is 6.07 Å². The summed E-state index contributed by atoms with van der Waals surface area (Å²) in [4.78, 5) is 23.7. The highest BCUT2D eigenvalue weighted by molar-refractivity contribution is 6.44. The van der Waals surface area contributed by atoms with Crippen molar-refractivity contribution < 1.29 is 32.2 Å². The number of carbonyl (C=O) groups excluding carboxylic acids is 2. The summed E-state index contributed by atoms with van der Waals surface area (Å²) in [6, 6.07) is 0.698. The molecule has 0 radical (unpaired) electrons. The zero-order valence-corrected chi connectivity index (χ0v) is 14.7. The first kappa shape index (κ1) is 19.4. The van der Waals surface area contributed by atoms with Gasteiger partial charge in [0.1, 0.15) is 0 Å². The Morgan fingerprint density at radius 3 is 2.16 bits per heavy atom. The Hall–Kier alpha value is -1.93. The van der Waals surface area contributed by atoms with Gasteiger partial charge in [-0.1, -0.05) is 23.2 Å². The Labute approximate surface area is 150 Å². The molecule has 136 valence electrons. The normalized spacial score (nSPS) is 17.0. The van der Waals surface area contributed by atoms with E-state index < -0.39 is 35.0 Å². The molecule has 1 aliphatic heterocycles. The predicted molar refractivity (Wildman–Crippen MR) is 84.2 cm³/mol. The highest BCUT2D eigenvalue weighted by Gasteiger charge is 2.39. The average molecular weight is 398 g/mol. The Bertz CT molecular complexity index is 766. The first-order valence-electron chi connectivity index (χ1n) is 6.82. The molecule has 0 unspecified atom stereocenters. The van der Waals surface area contributed by atoms with Crippen LogP contribution in [0.4, 0.5) is 18.9 Å². The molecule has 1 aromatic rings. The van der Waals surface area contributed by atoms with Crippen LogP contribution in [0.25, 0.3) is 0 Å².